The predicted octanol–water partition coefficient (Wildman–Crippen LogP) is 2.69. The summed E-state index contributed by atoms with van der Waals surface area (Å²) in [7, 11) is 0. The minimum atomic E-state index is -0.355. The topological polar surface area (TPSA) is 79.0 Å². The molecule has 5 nitrogen and oxygen atoms in total. The second-order valence-electron chi connectivity index (χ2n) is 5.03. The lowest BCUT2D eigenvalue weighted by atomic mass is 10.0. The van der Waals surface area contributed by atoms with Gasteiger partial charge in [0.05, 0.1) is 16.9 Å². The molecule has 5 heteroatoms. The summed E-state index contributed by atoms with van der Waals surface area (Å²) < 4.78 is 0. The smallest absolute Gasteiger partial charge is 0.272 e. The highest BCUT2D eigenvalue weighted by Gasteiger charge is 2.26. The summed E-state index contributed by atoms with van der Waals surface area (Å²) >= 11 is 0. The van der Waals surface area contributed by atoms with Crippen molar-refractivity contribution in [2.75, 3.05) is 0 Å². The number of hydrogen-bond acceptors (Lipinski definition) is 4. The molecule has 1 aliphatic rings. The van der Waals surface area contributed by atoms with Gasteiger partial charge in [0.2, 0.25) is 0 Å². The molecule has 1 N–H and O–H groups in total. The van der Waals surface area contributed by atoms with E-state index in [2.05, 4.69) is 11.4 Å². The first kappa shape index (κ1) is 13.5. The van der Waals surface area contributed by atoms with Crippen LogP contribution in [0.5, 0.6) is 0 Å². The summed E-state index contributed by atoms with van der Waals surface area (Å²) in [6.07, 6.45) is 3.03. The largest absolute Gasteiger partial charge is 0.309 e. The Balaban J connectivity index is 2.02. The van der Waals surface area contributed by atoms with Crippen molar-refractivity contribution in [1.82, 2.24) is 5.32 Å². The standard InChI is InChI=1S/C14H17N3O2/c1-10-5-6-11(7-14(10)17(18)19)9-16-13-4-2-3-12(13)8-15/h5-7,12-13,16H,2-4,9H2,1H3. The van der Waals surface area contributed by atoms with Crippen molar-refractivity contribution in [2.45, 2.75) is 38.8 Å². The van der Waals surface area contributed by atoms with Gasteiger partial charge in [0.15, 0.2) is 0 Å². The van der Waals surface area contributed by atoms with Crippen LogP contribution in [0, 0.1) is 34.3 Å². The lowest BCUT2D eigenvalue weighted by molar-refractivity contribution is -0.385. The summed E-state index contributed by atoms with van der Waals surface area (Å²) in [5.41, 5.74) is 1.72. The van der Waals surface area contributed by atoms with Crippen LogP contribution in [0.4, 0.5) is 5.69 Å². The molecule has 0 bridgehead atoms. The third-order valence-electron chi connectivity index (χ3n) is 3.72. The molecule has 1 fully saturated rings. The molecule has 0 saturated heterocycles. The third-order valence-corrected chi connectivity index (χ3v) is 3.72. The fourth-order valence-electron chi connectivity index (χ4n) is 2.57. The Morgan fingerprint density at radius 1 is 1.53 bits per heavy atom. The monoisotopic (exact) mass is 259 g/mol. The van der Waals surface area contributed by atoms with Crippen molar-refractivity contribution in [2.24, 2.45) is 5.92 Å². The van der Waals surface area contributed by atoms with Crippen LogP contribution in [0.2, 0.25) is 0 Å². The molecule has 1 aromatic carbocycles. The molecule has 0 aliphatic heterocycles. The second-order valence-corrected chi connectivity index (χ2v) is 5.03. The number of benzene rings is 1. The zero-order valence-corrected chi connectivity index (χ0v) is 10.9. The summed E-state index contributed by atoms with van der Waals surface area (Å²) in [5.74, 6) is 0.0698. The molecule has 2 rings (SSSR count). The van der Waals surface area contributed by atoms with Crippen molar-refractivity contribution in [3.63, 3.8) is 0 Å². The number of nitro benzene ring substituents is 1. The lowest BCUT2D eigenvalue weighted by Gasteiger charge is -2.15. The Hall–Kier alpha value is -1.93. The number of nitro groups is 1. The fourth-order valence-corrected chi connectivity index (χ4v) is 2.57. The quantitative estimate of drug-likeness (QED) is 0.666. The van der Waals surface area contributed by atoms with E-state index < -0.39 is 0 Å². The Kier molecular flexibility index (Phi) is 4.13. The average Bonchev–Trinajstić information content (AvgIpc) is 2.84. The van der Waals surface area contributed by atoms with E-state index in [0.717, 1.165) is 24.8 Å². The van der Waals surface area contributed by atoms with Crippen LogP contribution in [0.15, 0.2) is 18.2 Å². The Labute approximate surface area is 112 Å². The molecule has 2 atom stereocenters. The highest BCUT2D eigenvalue weighted by Crippen LogP contribution is 2.25. The van der Waals surface area contributed by atoms with E-state index in [1.807, 2.05) is 6.07 Å². The van der Waals surface area contributed by atoms with E-state index in [9.17, 15) is 10.1 Å². The number of aryl methyl sites for hydroxylation is 1. The maximum Gasteiger partial charge on any atom is 0.272 e. The Morgan fingerprint density at radius 3 is 3.00 bits per heavy atom. The molecular formula is C14H17N3O2. The van der Waals surface area contributed by atoms with Crippen LogP contribution in [-0.2, 0) is 6.54 Å². The minimum absolute atomic E-state index is 0.0698. The zero-order valence-electron chi connectivity index (χ0n) is 10.9. The first-order valence-electron chi connectivity index (χ1n) is 6.48. The Morgan fingerprint density at radius 2 is 2.32 bits per heavy atom. The molecule has 1 aliphatic carbocycles. The van der Waals surface area contributed by atoms with E-state index in [0.29, 0.717) is 12.1 Å². The Bertz CT molecular complexity index is 522. The van der Waals surface area contributed by atoms with Crippen LogP contribution < -0.4 is 5.32 Å². The van der Waals surface area contributed by atoms with Gasteiger partial charge in [-0.2, -0.15) is 5.26 Å². The predicted molar refractivity (Wildman–Crippen MR) is 71.4 cm³/mol. The van der Waals surface area contributed by atoms with Gasteiger partial charge in [0.25, 0.3) is 5.69 Å². The molecule has 2 unspecified atom stereocenters. The zero-order chi connectivity index (χ0) is 13.8. The van der Waals surface area contributed by atoms with E-state index in [4.69, 9.17) is 5.26 Å². The normalized spacial score (nSPS) is 22.1. The summed E-state index contributed by atoms with van der Waals surface area (Å²) in [6, 6.07) is 7.81. The second kappa shape index (κ2) is 5.81. The van der Waals surface area contributed by atoms with Gasteiger partial charge in [-0.3, -0.25) is 10.1 Å². The summed E-state index contributed by atoms with van der Waals surface area (Å²) in [5, 5.41) is 23.2. The van der Waals surface area contributed by atoms with Crippen molar-refractivity contribution in [3.05, 3.63) is 39.4 Å². The molecule has 1 aromatic rings. The van der Waals surface area contributed by atoms with E-state index in [1.165, 1.54) is 0 Å². The maximum atomic E-state index is 10.9. The summed E-state index contributed by atoms with van der Waals surface area (Å²) in [4.78, 5) is 10.5. The molecular weight excluding hydrogens is 242 g/mol. The minimum Gasteiger partial charge on any atom is -0.309 e. The van der Waals surface area contributed by atoms with Gasteiger partial charge in [-0.25, -0.2) is 0 Å². The number of hydrogen-bond donors (Lipinski definition) is 1. The van der Waals surface area contributed by atoms with E-state index in [1.54, 1.807) is 19.1 Å². The average molecular weight is 259 g/mol. The first-order valence-corrected chi connectivity index (χ1v) is 6.48. The molecule has 0 radical (unpaired) electrons. The van der Waals surface area contributed by atoms with Crippen molar-refractivity contribution in [1.29, 1.82) is 5.26 Å². The van der Waals surface area contributed by atoms with Crippen molar-refractivity contribution < 1.29 is 4.92 Å². The summed E-state index contributed by atoms with van der Waals surface area (Å²) in [6.45, 7) is 2.31. The van der Waals surface area contributed by atoms with E-state index in [-0.39, 0.29) is 22.6 Å². The van der Waals surface area contributed by atoms with Crippen LogP contribution in [0.3, 0.4) is 0 Å². The van der Waals surface area contributed by atoms with Crippen LogP contribution in [-0.4, -0.2) is 11.0 Å². The molecule has 0 aromatic heterocycles. The van der Waals surface area contributed by atoms with E-state index >= 15 is 0 Å². The van der Waals surface area contributed by atoms with Gasteiger partial charge >= 0.3 is 0 Å². The van der Waals surface area contributed by atoms with Gasteiger partial charge in [-0.15, -0.1) is 0 Å². The number of rotatable bonds is 4. The van der Waals surface area contributed by atoms with Crippen molar-refractivity contribution >= 4 is 5.69 Å². The highest BCUT2D eigenvalue weighted by molar-refractivity contribution is 5.42. The van der Waals surface area contributed by atoms with Gasteiger partial charge in [-0.1, -0.05) is 18.6 Å². The SMILES string of the molecule is Cc1ccc(CNC2CCCC2C#N)cc1[N+](=O)[O-]. The number of nitrogens with one attached hydrogen (secondary N) is 1. The third kappa shape index (κ3) is 3.09. The fraction of sp³-hybridized carbons (Fsp3) is 0.500. The molecule has 100 valence electrons. The van der Waals surface area contributed by atoms with Gasteiger partial charge in [-0.05, 0) is 25.3 Å². The number of nitrogens with zero attached hydrogens (tertiary/aromatic N) is 2. The molecule has 0 spiro atoms. The van der Waals surface area contributed by atoms with Crippen molar-refractivity contribution in [3.8, 4) is 6.07 Å². The maximum absolute atomic E-state index is 10.9. The van der Waals surface area contributed by atoms with Crippen LogP contribution in [0.1, 0.15) is 30.4 Å². The molecule has 1 saturated carbocycles. The first-order chi connectivity index (χ1) is 9.11. The number of nitriles is 1. The molecule has 0 amide bonds. The van der Waals surface area contributed by atoms with Gasteiger partial charge in [0.1, 0.15) is 0 Å². The van der Waals surface area contributed by atoms with Gasteiger partial charge < -0.3 is 5.32 Å². The van der Waals surface area contributed by atoms with Crippen LogP contribution >= 0.6 is 0 Å². The molecule has 0 heterocycles. The molecule has 19 heavy (non-hydrogen) atoms. The van der Waals surface area contributed by atoms with Gasteiger partial charge in [0, 0.05) is 24.2 Å². The highest BCUT2D eigenvalue weighted by atomic mass is 16.6. The van der Waals surface area contributed by atoms with Crippen LogP contribution in [0.25, 0.3) is 0 Å². The lowest BCUT2D eigenvalue weighted by Crippen LogP contribution is -2.31.